The Balaban J connectivity index is 1.73. The van der Waals surface area contributed by atoms with Crippen LogP contribution in [0.1, 0.15) is 49.6 Å². The average Bonchev–Trinajstić information content (AvgIpc) is 3.25. The van der Waals surface area contributed by atoms with Gasteiger partial charge in [-0.25, -0.2) is 14.8 Å². The number of thiazole rings is 2. The third-order valence-electron chi connectivity index (χ3n) is 3.41. The van der Waals surface area contributed by atoms with Crippen LogP contribution < -0.4 is 5.32 Å². The second-order valence-corrected chi connectivity index (χ2v) is 7.30. The van der Waals surface area contributed by atoms with E-state index < -0.39 is 12.0 Å². The van der Waals surface area contributed by atoms with Crippen LogP contribution in [0.5, 0.6) is 0 Å². The van der Waals surface area contributed by atoms with E-state index in [1.807, 2.05) is 19.1 Å². The van der Waals surface area contributed by atoms with Gasteiger partial charge in [0, 0.05) is 5.38 Å². The summed E-state index contributed by atoms with van der Waals surface area (Å²) in [5.41, 5.74) is 0.727. The maximum absolute atomic E-state index is 12.4. The van der Waals surface area contributed by atoms with Crippen molar-refractivity contribution in [2.45, 2.75) is 26.8 Å². The highest BCUT2D eigenvalue weighted by atomic mass is 32.1. The number of carboxylic acids is 1. The number of hydrogen-bond donors (Lipinski definition) is 2. The van der Waals surface area contributed by atoms with E-state index in [2.05, 4.69) is 15.3 Å². The largest absolute Gasteiger partial charge is 0.477 e. The number of carbonyl (C=O) groups is 2. The van der Waals surface area contributed by atoms with E-state index in [9.17, 15) is 9.59 Å². The second kappa shape index (κ2) is 6.77. The van der Waals surface area contributed by atoms with Crippen molar-refractivity contribution in [1.82, 2.24) is 15.3 Å². The van der Waals surface area contributed by atoms with E-state index in [-0.39, 0.29) is 16.5 Å². The van der Waals surface area contributed by atoms with Gasteiger partial charge in [-0.3, -0.25) is 4.79 Å². The van der Waals surface area contributed by atoms with Gasteiger partial charge in [0.1, 0.15) is 21.3 Å². The molecule has 3 aromatic heterocycles. The van der Waals surface area contributed by atoms with E-state index in [4.69, 9.17) is 9.52 Å². The lowest BCUT2D eigenvalue weighted by Gasteiger charge is -2.09. The van der Waals surface area contributed by atoms with Gasteiger partial charge >= 0.3 is 5.97 Å². The summed E-state index contributed by atoms with van der Waals surface area (Å²) >= 11 is 2.38. The van der Waals surface area contributed by atoms with E-state index >= 15 is 0 Å². The Morgan fingerprint density at radius 3 is 2.64 bits per heavy atom. The molecule has 0 aliphatic carbocycles. The number of aromatic nitrogens is 2. The van der Waals surface area contributed by atoms with Crippen LogP contribution in [0.2, 0.25) is 0 Å². The smallest absolute Gasteiger partial charge is 0.347 e. The van der Waals surface area contributed by atoms with Gasteiger partial charge in [0.05, 0.1) is 11.7 Å². The molecule has 3 rings (SSSR count). The molecule has 1 amide bonds. The molecule has 0 aromatic carbocycles. The Kier molecular flexibility index (Phi) is 4.69. The van der Waals surface area contributed by atoms with Crippen LogP contribution in [-0.4, -0.2) is 27.0 Å². The first kappa shape index (κ1) is 17.3. The number of hydrogen-bond acceptors (Lipinski definition) is 7. The molecule has 0 aliphatic heterocycles. The zero-order valence-electron chi connectivity index (χ0n) is 13.7. The molecular formula is C16H15N3O4S2. The first-order chi connectivity index (χ1) is 11.8. The van der Waals surface area contributed by atoms with Gasteiger partial charge in [-0.15, -0.1) is 22.7 Å². The molecule has 3 aromatic rings. The maximum Gasteiger partial charge on any atom is 0.347 e. The number of carbonyl (C=O) groups excluding carboxylic acids is 1. The minimum absolute atomic E-state index is 0.181. The molecule has 0 bridgehead atoms. The Morgan fingerprint density at radius 1 is 1.28 bits per heavy atom. The lowest BCUT2D eigenvalue weighted by molar-refractivity contribution is 0.0701. The van der Waals surface area contributed by atoms with Crippen LogP contribution in [0.4, 0.5) is 0 Å². The third kappa shape index (κ3) is 3.62. The van der Waals surface area contributed by atoms with E-state index in [1.54, 1.807) is 19.2 Å². The van der Waals surface area contributed by atoms with Crippen molar-refractivity contribution < 1.29 is 19.1 Å². The molecule has 9 heteroatoms. The Morgan fingerprint density at radius 2 is 2.04 bits per heavy atom. The summed E-state index contributed by atoms with van der Waals surface area (Å²) in [5.74, 6) is 0.0371. The highest BCUT2D eigenvalue weighted by Crippen LogP contribution is 2.27. The molecule has 1 unspecified atom stereocenters. The van der Waals surface area contributed by atoms with Crippen LogP contribution in [0.3, 0.4) is 0 Å². The average molecular weight is 377 g/mol. The predicted molar refractivity (Wildman–Crippen MR) is 94.2 cm³/mol. The van der Waals surface area contributed by atoms with Gasteiger partial charge in [0.2, 0.25) is 0 Å². The zero-order chi connectivity index (χ0) is 18.1. The molecule has 0 saturated heterocycles. The summed E-state index contributed by atoms with van der Waals surface area (Å²) < 4.78 is 5.50. The van der Waals surface area contributed by atoms with Crippen LogP contribution >= 0.6 is 22.7 Å². The van der Waals surface area contributed by atoms with Gasteiger partial charge in [0.15, 0.2) is 10.8 Å². The Bertz CT molecular complexity index is 941. The lowest BCUT2D eigenvalue weighted by atomic mass is 10.3. The molecule has 2 N–H and O–H groups in total. The monoisotopic (exact) mass is 377 g/mol. The first-order valence-corrected chi connectivity index (χ1v) is 9.08. The van der Waals surface area contributed by atoms with Crippen LogP contribution in [0.15, 0.2) is 21.9 Å². The lowest BCUT2D eigenvalue weighted by Crippen LogP contribution is -2.26. The SMILES string of the molecule is Cc1ccc(-c2nc(C(=O)NC(C)c3nc(C)c(C(=O)O)s3)cs2)o1. The van der Waals surface area contributed by atoms with Crippen molar-refractivity contribution in [3.63, 3.8) is 0 Å². The van der Waals surface area contributed by atoms with Crippen LogP contribution in [0, 0.1) is 13.8 Å². The molecule has 0 aliphatic rings. The molecule has 0 spiro atoms. The zero-order valence-corrected chi connectivity index (χ0v) is 15.3. The van der Waals surface area contributed by atoms with Crippen molar-refractivity contribution in [1.29, 1.82) is 0 Å². The third-order valence-corrected chi connectivity index (χ3v) is 5.60. The number of furan rings is 1. The van der Waals surface area contributed by atoms with Crippen LogP contribution in [-0.2, 0) is 0 Å². The minimum atomic E-state index is -1.02. The molecule has 0 radical (unpaired) electrons. The molecule has 7 nitrogen and oxygen atoms in total. The number of aryl methyl sites for hydroxylation is 2. The van der Waals surface area contributed by atoms with E-state index in [0.29, 0.717) is 21.5 Å². The van der Waals surface area contributed by atoms with E-state index in [0.717, 1.165) is 17.1 Å². The molecule has 0 saturated carbocycles. The van der Waals surface area contributed by atoms with E-state index in [1.165, 1.54) is 11.3 Å². The van der Waals surface area contributed by atoms with Gasteiger partial charge in [0.25, 0.3) is 5.91 Å². The quantitative estimate of drug-likeness (QED) is 0.703. The summed E-state index contributed by atoms with van der Waals surface area (Å²) in [6.45, 7) is 5.23. The maximum atomic E-state index is 12.4. The van der Waals surface area contributed by atoms with Gasteiger partial charge < -0.3 is 14.8 Å². The highest BCUT2D eigenvalue weighted by Gasteiger charge is 2.21. The van der Waals surface area contributed by atoms with Crippen molar-refractivity contribution in [3.8, 4) is 10.8 Å². The fourth-order valence-electron chi connectivity index (χ4n) is 2.17. The van der Waals surface area contributed by atoms with Gasteiger partial charge in [-0.1, -0.05) is 0 Å². The summed E-state index contributed by atoms with van der Waals surface area (Å²) in [7, 11) is 0. The second-order valence-electron chi connectivity index (χ2n) is 5.42. The van der Waals surface area contributed by atoms with Gasteiger partial charge in [-0.05, 0) is 32.9 Å². The fourth-order valence-corrected chi connectivity index (χ4v) is 3.84. The minimum Gasteiger partial charge on any atom is -0.477 e. The fraction of sp³-hybridized carbons (Fsp3) is 0.250. The Hall–Kier alpha value is -2.52. The Labute approximate surface area is 151 Å². The number of carboxylic acid groups (broad SMARTS) is 1. The van der Waals surface area contributed by atoms with Gasteiger partial charge in [-0.2, -0.15) is 0 Å². The normalized spacial score (nSPS) is 12.1. The van der Waals surface area contributed by atoms with Crippen LogP contribution in [0.25, 0.3) is 10.8 Å². The number of rotatable bonds is 5. The molecule has 25 heavy (non-hydrogen) atoms. The number of amides is 1. The summed E-state index contributed by atoms with van der Waals surface area (Å²) in [6.07, 6.45) is 0. The molecule has 0 fully saturated rings. The number of aromatic carboxylic acids is 1. The number of nitrogens with one attached hydrogen (secondary N) is 1. The molecule has 1 atom stereocenters. The van der Waals surface area contributed by atoms with Crippen molar-refractivity contribution in [2.24, 2.45) is 0 Å². The van der Waals surface area contributed by atoms with Crippen molar-refractivity contribution in [3.05, 3.63) is 44.5 Å². The first-order valence-electron chi connectivity index (χ1n) is 7.39. The van der Waals surface area contributed by atoms with Crippen molar-refractivity contribution in [2.75, 3.05) is 0 Å². The highest BCUT2D eigenvalue weighted by molar-refractivity contribution is 7.14. The molecular weight excluding hydrogens is 362 g/mol. The predicted octanol–water partition coefficient (Wildman–Crippen LogP) is 3.67. The number of nitrogens with zero attached hydrogens (tertiary/aromatic N) is 2. The summed E-state index contributed by atoms with van der Waals surface area (Å²) in [4.78, 5) is 32.2. The van der Waals surface area contributed by atoms with Crippen molar-refractivity contribution >= 4 is 34.6 Å². The molecule has 3 heterocycles. The summed E-state index contributed by atoms with van der Waals surface area (Å²) in [6, 6.07) is 3.23. The summed E-state index contributed by atoms with van der Waals surface area (Å²) in [5, 5.41) is 14.7. The topological polar surface area (TPSA) is 105 Å². The molecule has 130 valence electrons. The standard InChI is InChI=1S/C16H15N3O4S2/c1-7-4-5-11(23-7)15-19-10(6-24-15)13(20)17-9(3)14-18-8(2)12(25-14)16(21)22/h4-6,9H,1-3H3,(H,17,20)(H,21,22).